The molecule has 2 aromatic rings. The number of ether oxygens (including phenoxy) is 3. The summed E-state index contributed by atoms with van der Waals surface area (Å²) < 4.78 is 15.8. The minimum atomic E-state index is -0.279. The van der Waals surface area contributed by atoms with Crippen molar-refractivity contribution in [2.75, 3.05) is 44.6 Å². The van der Waals surface area contributed by atoms with Gasteiger partial charge < -0.3 is 24.4 Å². The molecule has 0 aliphatic heterocycles. The van der Waals surface area contributed by atoms with E-state index in [0.717, 1.165) is 18.8 Å². The monoisotopic (exact) mass is 358 g/mol. The molecule has 0 unspecified atom stereocenters. The average molecular weight is 358 g/mol. The first-order valence-corrected chi connectivity index (χ1v) is 8.54. The van der Waals surface area contributed by atoms with Gasteiger partial charge in [0.15, 0.2) is 11.5 Å². The van der Waals surface area contributed by atoms with Crippen molar-refractivity contribution in [1.29, 1.82) is 0 Å². The first-order valence-electron chi connectivity index (χ1n) is 8.54. The molecule has 0 heterocycles. The lowest BCUT2D eigenvalue weighted by atomic mass is 10.1. The van der Waals surface area contributed by atoms with Crippen molar-refractivity contribution in [3.05, 3.63) is 42.0 Å². The average Bonchev–Trinajstić information content (AvgIpc) is 2.68. The van der Waals surface area contributed by atoms with Crippen molar-refractivity contribution < 1.29 is 19.0 Å². The lowest BCUT2D eigenvalue weighted by Gasteiger charge is -2.21. The molecule has 26 heavy (non-hydrogen) atoms. The van der Waals surface area contributed by atoms with E-state index in [1.807, 2.05) is 24.3 Å². The molecule has 0 spiro atoms. The summed E-state index contributed by atoms with van der Waals surface area (Å²) in [7, 11) is 4.57. The Morgan fingerprint density at radius 1 is 0.885 bits per heavy atom. The van der Waals surface area contributed by atoms with Crippen LogP contribution < -0.4 is 24.4 Å². The predicted molar refractivity (Wildman–Crippen MR) is 104 cm³/mol. The van der Waals surface area contributed by atoms with Crippen LogP contribution in [0.25, 0.3) is 0 Å². The van der Waals surface area contributed by atoms with E-state index in [4.69, 9.17) is 14.2 Å². The summed E-state index contributed by atoms with van der Waals surface area (Å²) in [5.41, 5.74) is 2.21. The standard InChI is InChI=1S/C20H26N2O4/c1-6-22(7-2)15-10-8-14(9-11-15)21-20(23)16-12-18(25-4)19(26-5)13-17(16)24-3/h8-13H,6-7H2,1-5H3,(H,21,23). The SMILES string of the molecule is CCN(CC)c1ccc(NC(=O)c2cc(OC)c(OC)cc2OC)cc1. The van der Waals surface area contributed by atoms with Gasteiger partial charge in [-0.15, -0.1) is 0 Å². The number of nitrogens with zero attached hydrogens (tertiary/aromatic N) is 1. The Labute approximate surface area is 154 Å². The number of amides is 1. The molecule has 140 valence electrons. The first-order chi connectivity index (χ1) is 12.6. The van der Waals surface area contributed by atoms with Crippen LogP contribution in [0.4, 0.5) is 11.4 Å². The highest BCUT2D eigenvalue weighted by molar-refractivity contribution is 6.06. The van der Waals surface area contributed by atoms with Gasteiger partial charge in [0.25, 0.3) is 5.91 Å². The van der Waals surface area contributed by atoms with Crippen LogP contribution in [0.2, 0.25) is 0 Å². The fourth-order valence-electron chi connectivity index (χ4n) is 2.75. The zero-order valence-corrected chi connectivity index (χ0v) is 16.0. The molecular weight excluding hydrogens is 332 g/mol. The van der Waals surface area contributed by atoms with Crippen molar-refractivity contribution in [3.8, 4) is 17.2 Å². The summed E-state index contributed by atoms with van der Waals surface area (Å²) in [5.74, 6) is 1.11. The predicted octanol–water partition coefficient (Wildman–Crippen LogP) is 3.81. The normalized spacial score (nSPS) is 10.2. The van der Waals surface area contributed by atoms with Gasteiger partial charge in [-0.25, -0.2) is 0 Å². The molecule has 0 saturated carbocycles. The van der Waals surface area contributed by atoms with Gasteiger partial charge in [-0.1, -0.05) is 0 Å². The maximum atomic E-state index is 12.7. The van der Waals surface area contributed by atoms with Crippen molar-refractivity contribution >= 4 is 17.3 Å². The molecule has 0 aliphatic carbocycles. The van der Waals surface area contributed by atoms with E-state index in [9.17, 15) is 4.79 Å². The molecule has 0 saturated heterocycles. The zero-order valence-electron chi connectivity index (χ0n) is 16.0. The van der Waals surface area contributed by atoms with Crippen LogP contribution >= 0.6 is 0 Å². The van der Waals surface area contributed by atoms with Crippen LogP contribution in [0.15, 0.2) is 36.4 Å². The Morgan fingerprint density at radius 2 is 1.42 bits per heavy atom. The topological polar surface area (TPSA) is 60.0 Å². The summed E-state index contributed by atoms with van der Waals surface area (Å²) in [5, 5.41) is 2.89. The molecule has 0 aromatic heterocycles. The van der Waals surface area contributed by atoms with Crippen LogP contribution in [0.3, 0.4) is 0 Å². The lowest BCUT2D eigenvalue weighted by Crippen LogP contribution is -2.21. The zero-order chi connectivity index (χ0) is 19.1. The van der Waals surface area contributed by atoms with E-state index in [2.05, 4.69) is 24.1 Å². The number of hydrogen-bond acceptors (Lipinski definition) is 5. The third kappa shape index (κ3) is 4.20. The van der Waals surface area contributed by atoms with Crippen LogP contribution in [0, 0.1) is 0 Å². The highest BCUT2D eigenvalue weighted by Crippen LogP contribution is 2.35. The highest BCUT2D eigenvalue weighted by Gasteiger charge is 2.18. The minimum absolute atomic E-state index is 0.279. The highest BCUT2D eigenvalue weighted by atomic mass is 16.5. The van der Waals surface area contributed by atoms with E-state index in [0.29, 0.717) is 28.5 Å². The number of anilines is 2. The number of benzene rings is 2. The Bertz CT molecular complexity index is 740. The Balaban J connectivity index is 2.24. The summed E-state index contributed by atoms with van der Waals surface area (Å²) >= 11 is 0. The number of carbonyl (C=O) groups excluding carboxylic acids is 1. The molecule has 0 aliphatic rings. The van der Waals surface area contributed by atoms with E-state index in [1.54, 1.807) is 12.1 Å². The smallest absolute Gasteiger partial charge is 0.259 e. The fraction of sp³-hybridized carbons (Fsp3) is 0.350. The number of rotatable bonds is 8. The van der Waals surface area contributed by atoms with Gasteiger partial charge in [-0.3, -0.25) is 4.79 Å². The van der Waals surface area contributed by atoms with Crippen molar-refractivity contribution in [3.63, 3.8) is 0 Å². The van der Waals surface area contributed by atoms with Gasteiger partial charge in [-0.05, 0) is 38.1 Å². The summed E-state index contributed by atoms with van der Waals surface area (Å²) in [6, 6.07) is 11.0. The fourth-order valence-corrected chi connectivity index (χ4v) is 2.75. The molecule has 2 rings (SSSR count). The van der Waals surface area contributed by atoms with Crippen molar-refractivity contribution in [1.82, 2.24) is 0 Å². The van der Waals surface area contributed by atoms with E-state index < -0.39 is 0 Å². The second-order valence-corrected chi connectivity index (χ2v) is 5.58. The van der Waals surface area contributed by atoms with Crippen LogP contribution in [0.5, 0.6) is 17.2 Å². The molecule has 0 bridgehead atoms. The third-order valence-corrected chi connectivity index (χ3v) is 4.20. The Hall–Kier alpha value is -2.89. The molecule has 0 atom stereocenters. The summed E-state index contributed by atoms with van der Waals surface area (Å²) in [4.78, 5) is 14.9. The van der Waals surface area contributed by atoms with Gasteiger partial charge in [0.05, 0.1) is 26.9 Å². The second-order valence-electron chi connectivity index (χ2n) is 5.58. The number of carbonyl (C=O) groups is 1. The maximum Gasteiger partial charge on any atom is 0.259 e. The van der Waals surface area contributed by atoms with Gasteiger partial charge in [0.2, 0.25) is 0 Å². The van der Waals surface area contributed by atoms with E-state index in [1.165, 1.54) is 21.3 Å². The van der Waals surface area contributed by atoms with Crippen LogP contribution in [-0.2, 0) is 0 Å². The largest absolute Gasteiger partial charge is 0.496 e. The molecular formula is C20H26N2O4. The molecule has 0 fully saturated rings. The number of methoxy groups -OCH3 is 3. The first kappa shape index (κ1) is 19.4. The molecule has 2 aromatic carbocycles. The third-order valence-electron chi connectivity index (χ3n) is 4.20. The maximum absolute atomic E-state index is 12.7. The number of hydrogen-bond donors (Lipinski definition) is 1. The number of nitrogens with one attached hydrogen (secondary N) is 1. The molecule has 6 nitrogen and oxygen atoms in total. The van der Waals surface area contributed by atoms with Gasteiger partial charge in [0, 0.05) is 36.6 Å². The van der Waals surface area contributed by atoms with Gasteiger partial charge >= 0.3 is 0 Å². The van der Waals surface area contributed by atoms with Crippen molar-refractivity contribution in [2.45, 2.75) is 13.8 Å². The van der Waals surface area contributed by atoms with E-state index in [-0.39, 0.29) is 5.91 Å². The van der Waals surface area contributed by atoms with Gasteiger partial charge in [0.1, 0.15) is 5.75 Å². The molecule has 0 radical (unpaired) electrons. The summed E-state index contributed by atoms with van der Waals surface area (Å²) in [6.45, 7) is 6.10. The quantitative estimate of drug-likeness (QED) is 0.777. The molecule has 1 amide bonds. The lowest BCUT2D eigenvalue weighted by molar-refractivity contribution is 0.102. The Kier molecular flexibility index (Phi) is 6.72. The van der Waals surface area contributed by atoms with E-state index >= 15 is 0 Å². The van der Waals surface area contributed by atoms with Crippen molar-refractivity contribution in [2.24, 2.45) is 0 Å². The second kappa shape index (κ2) is 8.99. The molecule has 6 heteroatoms. The Morgan fingerprint density at radius 3 is 1.92 bits per heavy atom. The van der Waals surface area contributed by atoms with Gasteiger partial charge in [-0.2, -0.15) is 0 Å². The van der Waals surface area contributed by atoms with Crippen LogP contribution in [0.1, 0.15) is 24.2 Å². The summed E-state index contributed by atoms with van der Waals surface area (Å²) in [6.07, 6.45) is 0. The molecule has 1 N–H and O–H groups in total. The minimum Gasteiger partial charge on any atom is -0.496 e. The van der Waals surface area contributed by atoms with Crippen LogP contribution in [-0.4, -0.2) is 40.3 Å².